The van der Waals surface area contributed by atoms with Crippen LogP contribution in [0.15, 0.2) is 35.1 Å². The molecule has 0 bridgehead atoms. The molecule has 2 aliphatic rings. The fourth-order valence-electron chi connectivity index (χ4n) is 4.42. The molecule has 8 nitrogen and oxygen atoms in total. The summed E-state index contributed by atoms with van der Waals surface area (Å²) >= 11 is 0. The SMILES string of the molecule is CCc1nc2ccc(CN3CCN(c4ccc(C(=O)NC5CC5)nc4C(F)F)CC3)cc2[nH]c1=O. The van der Waals surface area contributed by atoms with E-state index < -0.39 is 12.3 Å². The number of fused-ring (bicyclic) bond motifs is 1. The number of amides is 1. The summed E-state index contributed by atoms with van der Waals surface area (Å²) in [5, 5.41) is 2.79. The van der Waals surface area contributed by atoms with E-state index in [0.717, 1.165) is 23.9 Å². The molecule has 1 aliphatic heterocycles. The smallest absolute Gasteiger partial charge is 0.282 e. The van der Waals surface area contributed by atoms with E-state index in [0.29, 0.717) is 56.0 Å². The van der Waals surface area contributed by atoms with E-state index >= 15 is 0 Å². The Hall–Kier alpha value is -3.40. The van der Waals surface area contributed by atoms with Crippen LogP contribution in [0.3, 0.4) is 0 Å². The Kier molecular flexibility index (Phi) is 6.46. The molecule has 1 aromatic carbocycles. The maximum Gasteiger partial charge on any atom is 0.282 e. The lowest BCUT2D eigenvalue weighted by molar-refractivity contribution is 0.0944. The second kappa shape index (κ2) is 9.69. The van der Waals surface area contributed by atoms with Crippen LogP contribution < -0.4 is 15.8 Å². The minimum absolute atomic E-state index is 0.0319. The molecule has 0 radical (unpaired) electrons. The normalized spacial score (nSPS) is 16.7. The zero-order valence-corrected chi connectivity index (χ0v) is 19.6. The molecule has 1 aliphatic carbocycles. The van der Waals surface area contributed by atoms with Gasteiger partial charge in [-0.3, -0.25) is 14.5 Å². The van der Waals surface area contributed by atoms with E-state index in [1.807, 2.05) is 30.0 Å². The minimum atomic E-state index is -2.77. The summed E-state index contributed by atoms with van der Waals surface area (Å²) < 4.78 is 27.6. The Bertz CT molecular complexity index is 1300. The van der Waals surface area contributed by atoms with Gasteiger partial charge in [-0.05, 0) is 49.1 Å². The van der Waals surface area contributed by atoms with Crippen molar-refractivity contribution in [3.8, 4) is 0 Å². The molecule has 184 valence electrons. The molecule has 2 aromatic heterocycles. The lowest BCUT2D eigenvalue weighted by atomic mass is 10.1. The van der Waals surface area contributed by atoms with Crippen molar-refractivity contribution in [1.82, 2.24) is 25.2 Å². The van der Waals surface area contributed by atoms with Crippen LogP contribution in [0.5, 0.6) is 0 Å². The summed E-state index contributed by atoms with van der Waals surface area (Å²) in [7, 11) is 0. The van der Waals surface area contributed by atoms with E-state index in [1.165, 1.54) is 6.07 Å². The van der Waals surface area contributed by atoms with Crippen LogP contribution in [0.25, 0.3) is 11.0 Å². The average molecular weight is 483 g/mol. The molecule has 3 aromatic rings. The molecule has 5 rings (SSSR count). The van der Waals surface area contributed by atoms with Gasteiger partial charge < -0.3 is 15.2 Å². The molecular formula is C25H28F2N6O2. The average Bonchev–Trinajstić information content (AvgIpc) is 3.67. The van der Waals surface area contributed by atoms with Crippen molar-refractivity contribution in [2.24, 2.45) is 0 Å². The topological polar surface area (TPSA) is 94.2 Å². The molecule has 0 atom stereocenters. The van der Waals surface area contributed by atoms with Gasteiger partial charge in [-0.25, -0.2) is 18.7 Å². The van der Waals surface area contributed by atoms with E-state index in [9.17, 15) is 18.4 Å². The predicted molar refractivity (Wildman–Crippen MR) is 129 cm³/mol. The van der Waals surface area contributed by atoms with Crippen LogP contribution in [0.1, 0.15) is 53.6 Å². The Morgan fingerprint density at radius 2 is 1.91 bits per heavy atom. The number of H-pyrrole nitrogens is 1. The Morgan fingerprint density at radius 1 is 1.14 bits per heavy atom. The van der Waals surface area contributed by atoms with Gasteiger partial charge in [0, 0.05) is 38.8 Å². The van der Waals surface area contributed by atoms with Crippen LogP contribution >= 0.6 is 0 Å². The van der Waals surface area contributed by atoms with Crippen molar-refractivity contribution in [3.63, 3.8) is 0 Å². The fraction of sp³-hybridized carbons (Fsp3) is 0.440. The van der Waals surface area contributed by atoms with Gasteiger partial charge in [0.05, 0.1) is 16.7 Å². The van der Waals surface area contributed by atoms with Crippen molar-refractivity contribution in [3.05, 3.63) is 63.3 Å². The third kappa shape index (κ3) is 5.17. The van der Waals surface area contributed by atoms with Crippen LogP contribution in [0, 0.1) is 0 Å². The number of hydrogen-bond acceptors (Lipinski definition) is 6. The van der Waals surface area contributed by atoms with Crippen LogP contribution in [0.2, 0.25) is 0 Å². The quantitative estimate of drug-likeness (QED) is 0.538. The maximum atomic E-state index is 13.8. The zero-order valence-electron chi connectivity index (χ0n) is 19.6. The number of rotatable bonds is 7. The molecule has 10 heteroatoms. The third-order valence-corrected chi connectivity index (χ3v) is 6.54. The zero-order chi connectivity index (χ0) is 24.5. The molecule has 2 N–H and O–H groups in total. The fourth-order valence-corrected chi connectivity index (χ4v) is 4.42. The number of alkyl halides is 2. The Morgan fingerprint density at radius 3 is 2.60 bits per heavy atom. The highest BCUT2D eigenvalue weighted by Crippen LogP contribution is 2.30. The minimum Gasteiger partial charge on any atom is -0.367 e. The largest absolute Gasteiger partial charge is 0.367 e. The number of hydrogen-bond donors (Lipinski definition) is 2. The number of halogens is 2. The summed E-state index contributed by atoms with van der Waals surface area (Å²) in [6.45, 7) is 5.10. The van der Waals surface area contributed by atoms with Gasteiger partial charge in [-0.15, -0.1) is 0 Å². The Balaban J connectivity index is 1.25. The third-order valence-electron chi connectivity index (χ3n) is 6.54. The number of benzene rings is 1. The number of pyridine rings is 1. The standard InChI is InChI=1S/C25H28F2N6O2/c1-2-17-24(34)31-20-13-15(3-6-18(20)29-17)14-32-9-11-33(12-10-32)21-8-7-19(30-22(21)23(26)27)25(35)28-16-4-5-16/h3,6-8,13,16,23H,2,4-5,9-12,14H2,1H3,(H,28,35)(H,31,34). The van der Waals surface area contributed by atoms with E-state index in [-0.39, 0.29) is 23.0 Å². The second-order valence-corrected chi connectivity index (χ2v) is 9.13. The van der Waals surface area contributed by atoms with E-state index in [2.05, 4.69) is 25.2 Å². The number of carbonyl (C=O) groups is 1. The number of carbonyl (C=O) groups excluding carboxylic acids is 1. The maximum absolute atomic E-state index is 13.8. The summed E-state index contributed by atoms with van der Waals surface area (Å²) in [6, 6.07) is 9.11. The van der Waals surface area contributed by atoms with E-state index in [1.54, 1.807) is 6.07 Å². The highest BCUT2D eigenvalue weighted by molar-refractivity contribution is 5.93. The first kappa shape index (κ1) is 23.3. The number of aromatic nitrogens is 3. The summed E-state index contributed by atoms with van der Waals surface area (Å²) in [4.78, 5) is 39.8. The van der Waals surface area contributed by atoms with E-state index in [4.69, 9.17) is 0 Å². The molecule has 1 saturated heterocycles. The first-order valence-corrected chi connectivity index (χ1v) is 12.0. The second-order valence-electron chi connectivity index (χ2n) is 9.13. The molecule has 35 heavy (non-hydrogen) atoms. The number of aryl methyl sites for hydroxylation is 1. The van der Waals surface area contributed by atoms with Crippen LogP contribution in [-0.2, 0) is 13.0 Å². The van der Waals surface area contributed by atoms with Crippen molar-refractivity contribution in [2.45, 2.75) is 45.2 Å². The van der Waals surface area contributed by atoms with Gasteiger partial charge in [-0.2, -0.15) is 0 Å². The number of aromatic amines is 1. The first-order chi connectivity index (χ1) is 16.9. The van der Waals surface area contributed by atoms with Crippen molar-refractivity contribution >= 4 is 22.6 Å². The molecule has 3 heterocycles. The van der Waals surface area contributed by atoms with Crippen molar-refractivity contribution in [2.75, 3.05) is 31.1 Å². The van der Waals surface area contributed by atoms with Crippen LogP contribution in [0.4, 0.5) is 14.5 Å². The number of nitrogens with zero attached hydrogens (tertiary/aromatic N) is 4. The highest BCUT2D eigenvalue weighted by atomic mass is 19.3. The number of nitrogens with one attached hydrogen (secondary N) is 2. The van der Waals surface area contributed by atoms with Crippen molar-refractivity contribution < 1.29 is 13.6 Å². The van der Waals surface area contributed by atoms with Gasteiger partial charge in [0.25, 0.3) is 17.9 Å². The highest BCUT2D eigenvalue weighted by Gasteiger charge is 2.27. The number of piperazine rings is 1. The van der Waals surface area contributed by atoms with Gasteiger partial charge >= 0.3 is 0 Å². The summed E-state index contributed by atoms with van der Waals surface area (Å²) in [5.41, 5.74) is 2.94. The molecule has 1 saturated carbocycles. The summed E-state index contributed by atoms with van der Waals surface area (Å²) in [5.74, 6) is -0.399. The molecule has 2 fully saturated rings. The predicted octanol–water partition coefficient (Wildman–Crippen LogP) is 3.03. The molecule has 0 spiro atoms. The van der Waals surface area contributed by atoms with Crippen molar-refractivity contribution in [1.29, 1.82) is 0 Å². The molecule has 0 unspecified atom stereocenters. The monoisotopic (exact) mass is 482 g/mol. The van der Waals surface area contributed by atoms with Gasteiger partial charge in [0.1, 0.15) is 17.1 Å². The first-order valence-electron chi connectivity index (χ1n) is 12.0. The van der Waals surface area contributed by atoms with Gasteiger partial charge in [-0.1, -0.05) is 13.0 Å². The lowest BCUT2D eigenvalue weighted by Gasteiger charge is -2.36. The van der Waals surface area contributed by atoms with Gasteiger partial charge in [0.15, 0.2) is 0 Å². The lowest BCUT2D eigenvalue weighted by Crippen LogP contribution is -2.46. The molecular weight excluding hydrogens is 454 g/mol. The number of anilines is 1. The summed E-state index contributed by atoms with van der Waals surface area (Å²) in [6.07, 6.45) is -0.345. The van der Waals surface area contributed by atoms with Crippen LogP contribution in [-0.4, -0.2) is 58.0 Å². The molecule has 1 amide bonds. The van der Waals surface area contributed by atoms with Gasteiger partial charge in [0.2, 0.25) is 0 Å². The Labute approximate surface area is 201 Å².